The Bertz CT molecular complexity index is 709. The first-order valence-corrected chi connectivity index (χ1v) is 7.19. The topological polar surface area (TPSA) is 54.0 Å². The van der Waals surface area contributed by atoms with Gasteiger partial charge in [-0.05, 0) is 46.6 Å². The average Bonchev–Trinajstić information content (AvgIpc) is 2.45. The van der Waals surface area contributed by atoms with Crippen LogP contribution in [0.1, 0.15) is 15.9 Å². The number of carbonyl (C=O) groups is 1. The van der Waals surface area contributed by atoms with E-state index in [0.717, 1.165) is 0 Å². The smallest absolute Gasteiger partial charge is 0.257 e. The van der Waals surface area contributed by atoms with Crippen molar-refractivity contribution in [3.05, 3.63) is 50.8 Å². The quantitative estimate of drug-likeness (QED) is 0.847. The van der Waals surface area contributed by atoms with Crippen LogP contribution in [0.5, 0.6) is 0 Å². The molecular formula is C14H12BrClFN3O. The number of pyridine rings is 1. The van der Waals surface area contributed by atoms with Gasteiger partial charge >= 0.3 is 0 Å². The number of carbonyl (C=O) groups excluding carboxylic acids is 1. The summed E-state index contributed by atoms with van der Waals surface area (Å²) in [6, 6.07) is 4.40. The van der Waals surface area contributed by atoms with E-state index in [-0.39, 0.29) is 26.8 Å². The standard InChI is InChI=1S/C14H12BrClFN3O/c1-7-3-11(17)9(15)5-12(7)20-14(21)8-4-13(18-2)19-6-10(8)16/h3-6H,1-2H3,(H,18,19)(H,20,21). The lowest BCUT2D eigenvalue weighted by Crippen LogP contribution is -2.14. The zero-order valence-electron chi connectivity index (χ0n) is 11.3. The van der Waals surface area contributed by atoms with Crippen LogP contribution in [-0.4, -0.2) is 17.9 Å². The molecule has 0 saturated heterocycles. The van der Waals surface area contributed by atoms with Crippen molar-refractivity contribution < 1.29 is 9.18 Å². The lowest BCUT2D eigenvalue weighted by Gasteiger charge is -2.11. The fourth-order valence-electron chi connectivity index (χ4n) is 1.72. The Morgan fingerprint density at radius 1 is 1.38 bits per heavy atom. The number of amides is 1. The largest absolute Gasteiger partial charge is 0.373 e. The Labute approximate surface area is 134 Å². The molecule has 2 aromatic rings. The molecule has 21 heavy (non-hydrogen) atoms. The second-order valence-electron chi connectivity index (χ2n) is 4.33. The third-order valence-corrected chi connectivity index (χ3v) is 3.78. The number of hydrogen-bond donors (Lipinski definition) is 2. The predicted molar refractivity (Wildman–Crippen MR) is 85.6 cm³/mol. The van der Waals surface area contributed by atoms with Crippen LogP contribution in [0.15, 0.2) is 28.9 Å². The second kappa shape index (κ2) is 6.41. The summed E-state index contributed by atoms with van der Waals surface area (Å²) in [5.74, 6) is -0.244. The summed E-state index contributed by atoms with van der Waals surface area (Å²) in [6.45, 7) is 1.71. The molecule has 2 rings (SSSR count). The van der Waals surface area contributed by atoms with E-state index in [2.05, 4.69) is 31.5 Å². The van der Waals surface area contributed by atoms with E-state index in [9.17, 15) is 9.18 Å². The molecule has 1 amide bonds. The van der Waals surface area contributed by atoms with Gasteiger partial charge in [0, 0.05) is 18.9 Å². The highest BCUT2D eigenvalue weighted by Crippen LogP contribution is 2.26. The highest BCUT2D eigenvalue weighted by Gasteiger charge is 2.14. The Morgan fingerprint density at radius 2 is 2.10 bits per heavy atom. The summed E-state index contributed by atoms with van der Waals surface area (Å²) in [6.07, 6.45) is 1.40. The SMILES string of the molecule is CNc1cc(C(=O)Nc2cc(Br)c(F)cc2C)c(Cl)cn1. The highest BCUT2D eigenvalue weighted by molar-refractivity contribution is 9.10. The van der Waals surface area contributed by atoms with Crippen LogP contribution in [0.25, 0.3) is 0 Å². The molecule has 0 aliphatic rings. The van der Waals surface area contributed by atoms with Crippen LogP contribution in [-0.2, 0) is 0 Å². The van der Waals surface area contributed by atoms with Gasteiger partial charge in [-0.25, -0.2) is 9.37 Å². The summed E-state index contributed by atoms with van der Waals surface area (Å²) in [5, 5.41) is 5.79. The van der Waals surface area contributed by atoms with E-state index in [1.54, 1.807) is 20.0 Å². The Kier molecular flexibility index (Phi) is 4.80. The lowest BCUT2D eigenvalue weighted by atomic mass is 10.1. The monoisotopic (exact) mass is 371 g/mol. The molecule has 7 heteroatoms. The molecule has 110 valence electrons. The van der Waals surface area contributed by atoms with Crippen LogP contribution in [0.4, 0.5) is 15.9 Å². The maximum absolute atomic E-state index is 13.4. The molecule has 1 aromatic heterocycles. The third kappa shape index (κ3) is 3.51. The molecule has 0 aliphatic carbocycles. The normalized spacial score (nSPS) is 10.3. The molecular weight excluding hydrogens is 361 g/mol. The number of anilines is 2. The minimum Gasteiger partial charge on any atom is -0.373 e. The van der Waals surface area contributed by atoms with Crippen molar-refractivity contribution in [3.8, 4) is 0 Å². The summed E-state index contributed by atoms with van der Waals surface area (Å²) >= 11 is 9.08. The Hall–Kier alpha value is -1.66. The van der Waals surface area contributed by atoms with E-state index in [0.29, 0.717) is 17.1 Å². The van der Waals surface area contributed by atoms with Crippen molar-refractivity contribution in [1.29, 1.82) is 0 Å². The second-order valence-corrected chi connectivity index (χ2v) is 5.60. The van der Waals surface area contributed by atoms with E-state index >= 15 is 0 Å². The van der Waals surface area contributed by atoms with Crippen LogP contribution < -0.4 is 10.6 Å². The van der Waals surface area contributed by atoms with Crippen LogP contribution in [0.3, 0.4) is 0 Å². The minimum atomic E-state index is -0.388. The van der Waals surface area contributed by atoms with Crippen LogP contribution >= 0.6 is 27.5 Å². The summed E-state index contributed by atoms with van der Waals surface area (Å²) in [7, 11) is 1.69. The van der Waals surface area contributed by atoms with Gasteiger partial charge in [-0.2, -0.15) is 0 Å². The van der Waals surface area contributed by atoms with E-state index in [1.165, 1.54) is 18.3 Å². The molecule has 0 radical (unpaired) electrons. The average molecular weight is 373 g/mol. The molecule has 0 fully saturated rings. The summed E-state index contributed by atoms with van der Waals surface area (Å²) in [4.78, 5) is 16.3. The van der Waals surface area contributed by atoms with Crippen LogP contribution in [0.2, 0.25) is 5.02 Å². The van der Waals surface area contributed by atoms with Crippen molar-refractivity contribution in [2.75, 3.05) is 17.7 Å². The van der Waals surface area contributed by atoms with Gasteiger partial charge in [0.25, 0.3) is 5.91 Å². The zero-order valence-corrected chi connectivity index (χ0v) is 13.6. The van der Waals surface area contributed by atoms with Gasteiger partial charge in [0.05, 0.1) is 15.1 Å². The molecule has 0 aliphatic heterocycles. The van der Waals surface area contributed by atoms with Gasteiger partial charge in [-0.3, -0.25) is 4.79 Å². The van der Waals surface area contributed by atoms with Gasteiger partial charge < -0.3 is 10.6 Å². The van der Waals surface area contributed by atoms with E-state index in [4.69, 9.17) is 11.6 Å². The first kappa shape index (κ1) is 15.7. The minimum absolute atomic E-state index is 0.241. The zero-order chi connectivity index (χ0) is 15.6. The molecule has 1 aromatic carbocycles. The molecule has 0 saturated carbocycles. The number of halogens is 3. The van der Waals surface area contributed by atoms with E-state index < -0.39 is 0 Å². The van der Waals surface area contributed by atoms with Crippen molar-refractivity contribution in [2.45, 2.75) is 6.92 Å². The van der Waals surface area contributed by atoms with Gasteiger partial charge in [0.2, 0.25) is 0 Å². The number of rotatable bonds is 3. The number of benzene rings is 1. The molecule has 2 N–H and O–H groups in total. The van der Waals surface area contributed by atoms with Gasteiger partial charge in [0.15, 0.2) is 0 Å². The summed E-state index contributed by atoms with van der Waals surface area (Å²) in [5.41, 5.74) is 1.41. The van der Waals surface area contributed by atoms with Crippen molar-refractivity contribution in [1.82, 2.24) is 4.98 Å². The fraction of sp³-hybridized carbons (Fsp3) is 0.143. The van der Waals surface area contributed by atoms with Crippen LogP contribution in [0, 0.1) is 12.7 Å². The number of nitrogens with zero attached hydrogens (tertiary/aromatic N) is 1. The summed E-state index contributed by atoms with van der Waals surface area (Å²) < 4.78 is 13.7. The van der Waals surface area contributed by atoms with Gasteiger partial charge in [-0.15, -0.1) is 0 Å². The van der Waals surface area contributed by atoms with Crippen molar-refractivity contribution in [3.63, 3.8) is 0 Å². The lowest BCUT2D eigenvalue weighted by molar-refractivity contribution is 0.102. The fourth-order valence-corrected chi connectivity index (χ4v) is 2.25. The van der Waals surface area contributed by atoms with E-state index in [1.807, 2.05) is 0 Å². The maximum atomic E-state index is 13.4. The molecule has 0 spiro atoms. The molecule has 1 heterocycles. The van der Waals surface area contributed by atoms with Gasteiger partial charge in [0.1, 0.15) is 11.6 Å². The molecule has 4 nitrogen and oxygen atoms in total. The number of hydrogen-bond acceptors (Lipinski definition) is 3. The molecule has 0 unspecified atom stereocenters. The highest BCUT2D eigenvalue weighted by atomic mass is 79.9. The first-order valence-electron chi connectivity index (χ1n) is 6.02. The predicted octanol–water partition coefficient (Wildman–Crippen LogP) is 4.24. The number of aromatic nitrogens is 1. The number of aryl methyl sites for hydroxylation is 1. The molecule has 0 bridgehead atoms. The van der Waals surface area contributed by atoms with Crippen molar-refractivity contribution >= 4 is 44.9 Å². The van der Waals surface area contributed by atoms with Gasteiger partial charge in [-0.1, -0.05) is 11.6 Å². The number of nitrogens with one attached hydrogen (secondary N) is 2. The maximum Gasteiger partial charge on any atom is 0.257 e. The van der Waals surface area contributed by atoms with Crippen molar-refractivity contribution in [2.24, 2.45) is 0 Å². The first-order chi connectivity index (χ1) is 9.92. The Balaban J connectivity index is 2.32. The third-order valence-electron chi connectivity index (χ3n) is 2.87. The molecule has 0 atom stereocenters. The Morgan fingerprint density at radius 3 is 2.76 bits per heavy atom.